The van der Waals surface area contributed by atoms with Crippen LogP contribution in [-0.2, 0) is 6.54 Å². The van der Waals surface area contributed by atoms with Crippen LogP contribution in [0.1, 0.15) is 17.2 Å². The maximum atomic E-state index is 10.1. The highest BCUT2D eigenvalue weighted by Crippen LogP contribution is 2.24. The summed E-state index contributed by atoms with van der Waals surface area (Å²) in [5, 5.41) is 13.8. The minimum Gasteiger partial charge on any atom is -0.490 e. The van der Waals surface area contributed by atoms with E-state index < -0.39 is 6.10 Å². The Labute approximate surface area is 124 Å². The van der Waals surface area contributed by atoms with Crippen LogP contribution in [0.5, 0.6) is 5.75 Å². The molecule has 20 heavy (non-hydrogen) atoms. The highest BCUT2D eigenvalue weighted by atomic mass is 35.5. The second-order valence-electron chi connectivity index (χ2n) is 4.52. The highest BCUT2D eigenvalue weighted by molar-refractivity contribution is 6.30. The molecule has 4 heteroatoms. The van der Waals surface area contributed by atoms with Crippen LogP contribution in [0, 0.1) is 0 Å². The van der Waals surface area contributed by atoms with E-state index in [0.29, 0.717) is 11.6 Å². The van der Waals surface area contributed by atoms with Crippen LogP contribution in [0.3, 0.4) is 0 Å². The fraction of sp³-hybridized carbons (Fsp3) is 0.250. The summed E-state index contributed by atoms with van der Waals surface area (Å²) < 4.78 is 5.71. The first-order valence-electron chi connectivity index (χ1n) is 6.49. The molecular weight excluding hydrogens is 274 g/mol. The summed E-state index contributed by atoms with van der Waals surface area (Å²) in [4.78, 5) is 0. The molecule has 3 nitrogen and oxygen atoms in total. The van der Waals surface area contributed by atoms with Crippen molar-refractivity contribution in [2.75, 3.05) is 13.7 Å². The van der Waals surface area contributed by atoms with Gasteiger partial charge in [-0.25, -0.2) is 0 Å². The van der Waals surface area contributed by atoms with E-state index in [1.54, 1.807) is 6.07 Å². The largest absolute Gasteiger partial charge is 0.490 e. The Balaban J connectivity index is 2.03. The Morgan fingerprint density at radius 3 is 2.65 bits per heavy atom. The molecule has 0 spiro atoms. The molecule has 0 aliphatic rings. The van der Waals surface area contributed by atoms with E-state index in [9.17, 15) is 5.11 Å². The normalized spacial score (nSPS) is 12.2. The van der Waals surface area contributed by atoms with Gasteiger partial charge in [-0.15, -0.1) is 0 Å². The zero-order valence-electron chi connectivity index (χ0n) is 11.3. The number of ether oxygens (including phenoxy) is 1. The lowest BCUT2D eigenvalue weighted by Gasteiger charge is -2.15. The lowest BCUT2D eigenvalue weighted by molar-refractivity contribution is 0.107. The molecule has 106 valence electrons. The fourth-order valence-corrected chi connectivity index (χ4v) is 2.15. The number of nitrogens with one attached hydrogen (secondary N) is 1. The third-order valence-electron chi connectivity index (χ3n) is 2.97. The summed E-state index contributed by atoms with van der Waals surface area (Å²) in [6.45, 7) is 0.875. The molecule has 0 amide bonds. The third-order valence-corrected chi connectivity index (χ3v) is 3.21. The van der Waals surface area contributed by atoms with Gasteiger partial charge in [-0.05, 0) is 30.8 Å². The van der Waals surface area contributed by atoms with Gasteiger partial charge >= 0.3 is 0 Å². The van der Waals surface area contributed by atoms with Gasteiger partial charge in [-0.3, -0.25) is 0 Å². The molecule has 0 aromatic heterocycles. The van der Waals surface area contributed by atoms with Gasteiger partial charge in [-0.1, -0.05) is 41.9 Å². The van der Waals surface area contributed by atoms with Crippen LogP contribution in [0.4, 0.5) is 0 Å². The quantitative estimate of drug-likeness (QED) is 0.859. The highest BCUT2D eigenvalue weighted by Gasteiger charge is 2.10. The van der Waals surface area contributed by atoms with Crippen molar-refractivity contribution in [3.63, 3.8) is 0 Å². The van der Waals surface area contributed by atoms with E-state index >= 15 is 0 Å². The zero-order valence-corrected chi connectivity index (χ0v) is 12.1. The van der Waals surface area contributed by atoms with E-state index in [1.807, 2.05) is 49.5 Å². The predicted octanol–water partition coefficient (Wildman–Crippen LogP) is 3.17. The number of hydrogen-bond acceptors (Lipinski definition) is 3. The van der Waals surface area contributed by atoms with Gasteiger partial charge in [0.15, 0.2) is 0 Å². The van der Waals surface area contributed by atoms with Crippen LogP contribution in [0.25, 0.3) is 0 Å². The van der Waals surface area contributed by atoms with Gasteiger partial charge in [0.05, 0.1) is 0 Å². The minimum atomic E-state index is -0.644. The SMILES string of the molecule is CNCc1cc(Cl)ccc1OCC(O)c1ccccc1. The van der Waals surface area contributed by atoms with Gasteiger partial charge in [-0.2, -0.15) is 0 Å². The Bertz CT molecular complexity index is 545. The molecule has 0 fully saturated rings. The maximum absolute atomic E-state index is 10.1. The van der Waals surface area contributed by atoms with Gasteiger partial charge < -0.3 is 15.2 Å². The fourth-order valence-electron chi connectivity index (χ4n) is 1.96. The summed E-state index contributed by atoms with van der Waals surface area (Å²) in [5.74, 6) is 0.735. The number of aliphatic hydroxyl groups is 1. The van der Waals surface area contributed by atoms with Crippen molar-refractivity contribution in [3.05, 3.63) is 64.7 Å². The molecule has 0 aliphatic carbocycles. The lowest BCUT2D eigenvalue weighted by Crippen LogP contribution is -2.12. The first kappa shape index (κ1) is 14.9. The van der Waals surface area contributed by atoms with Crippen LogP contribution in [-0.4, -0.2) is 18.8 Å². The monoisotopic (exact) mass is 291 g/mol. The van der Waals surface area contributed by atoms with Crippen molar-refractivity contribution in [3.8, 4) is 5.75 Å². The Morgan fingerprint density at radius 1 is 1.20 bits per heavy atom. The van der Waals surface area contributed by atoms with Crippen molar-refractivity contribution in [2.45, 2.75) is 12.6 Å². The second-order valence-corrected chi connectivity index (χ2v) is 4.96. The van der Waals surface area contributed by atoms with E-state index in [4.69, 9.17) is 16.3 Å². The number of hydrogen-bond donors (Lipinski definition) is 2. The smallest absolute Gasteiger partial charge is 0.124 e. The van der Waals surface area contributed by atoms with Gasteiger partial charge in [0, 0.05) is 17.1 Å². The first-order valence-corrected chi connectivity index (χ1v) is 6.87. The van der Waals surface area contributed by atoms with Gasteiger partial charge in [0.1, 0.15) is 18.5 Å². The molecule has 0 saturated carbocycles. The summed E-state index contributed by atoms with van der Waals surface area (Å²) in [7, 11) is 1.86. The zero-order chi connectivity index (χ0) is 14.4. The lowest BCUT2D eigenvalue weighted by atomic mass is 10.1. The molecule has 2 aromatic rings. The minimum absolute atomic E-state index is 0.211. The van der Waals surface area contributed by atoms with E-state index in [-0.39, 0.29) is 6.61 Å². The summed E-state index contributed by atoms with van der Waals surface area (Å²) in [6, 6.07) is 14.9. The molecule has 1 unspecified atom stereocenters. The topological polar surface area (TPSA) is 41.5 Å². The predicted molar refractivity (Wildman–Crippen MR) is 81.1 cm³/mol. The Kier molecular flexibility index (Phi) is 5.41. The Morgan fingerprint density at radius 2 is 1.95 bits per heavy atom. The summed E-state index contributed by atoms with van der Waals surface area (Å²) in [5.41, 5.74) is 1.82. The molecule has 1 atom stereocenters. The molecular formula is C16H18ClNO2. The molecule has 0 saturated heterocycles. The van der Waals surface area contributed by atoms with Crippen molar-refractivity contribution >= 4 is 11.6 Å². The van der Waals surface area contributed by atoms with Crippen molar-refractivity contribution < 1.29 is 9.84 Å². The van der Waals surface area contributed by atoms with Crippen LogP contribution >= 0.6 is 11.6 Å². The Hall–Kier alpha value is -1.55. The van der Waals surface area contributed by atoms with E-state index in [0.717, 1.165) is 16.9 Å². The van der Waals surface area contributed by atoms with E-state index in [2.05, 4.69) is 5.32 Å². The molecule has 2 aromatic carbocycles. The van der Waals surface area contributed by atoms with Gasteiger partial charge in [0.2, 0.25) is 0 Å². The average molecular weight is 292 g/mol. The molecule has 0 radical (unpaired) electrons. The second kappa shape index (κ2) is 7.29. The number of halogens is 1. The van der Waals surface area contributed by atoms with Crippen molar-refractivity contribution in [1.29, 1.82) is 0 Å². The summed E-state index contributed by atoms with van der Waals surface area (Å²) >= 11 is 5.98. The van der Waals surface area contributed by atoms with Crippen LogP contribution in [0.2, 0.25) is 5.02 Å². The van der Waals surface area contributed by atoms with E-state index in [1.165, 1.54) is 0 Å². The third kappa shape index (κ3) is 3.97. The molecule has 0 bridgehead atoms. The first-order chi connectivity index (χ1) is 9.70. The molecule has 0 aliphatic heterocycles. The summed E-state index contributed by atoms with van der Waals surface area (Å²) in [6.07, 6.45) is -0.644. The maximum Gasteiger partial charge on any atom is 0.124 e. The molecule has 0 heterocycles. The standard InChI is InChI=1S/C16H18ClNO2/c1-18-10-13-9-14(17)7-8-16(13)20-11-15(19)12-5-3-2-4-6-12/h2-9,15,18-19H,10-11H2,1H3. The molecule has 2 rings (SSSR count). The van der Waals surface area contributed by atoms with Crippen LogP contribution < -0.4 is 10.1 Å². The van der Waals surface area contributed by atoms with Crippen molar-refractivity contribution in [1.82, 2.24) is 5.32 Å². The number of benzene rings is 2. The van der Waals surface area contributed by atoms with Crippen molar-refractivity contribution in [2.24, 2.45) is 0 Å². The number of rotatable bonds is 6. The molecule has 2 N–H and O–H groups in total. The van der Waals surface area contributed by atoms with Crippen LogP contribution in [0.15, 0.2) is 48.5 Å². The number of aliphatic hydroxyl groups excluding tert-OH is 1. The van der Waals surface area contributed by atoms with Gasteiger partial charge in [0.25, 0.3) is 0 Å². The average Bonchev–Trinajstić information content (AvgIpc) is 2.47.